The Morgan fingerprint density at radius 2 is 1.71 bits per heavy atom. The Kier molecular flexibility index (Phi) is 5.66. The summed E-state index contributed by atoms with van der Waals surface area (Å²) in [6.07, 6.45) is 0.802. The number of hydrogen-bond donors (Lipinski definition) is 0. The van der Waals surface area contributed by atoms with E-state index in [-0.39, 0.29) is 27.9 Å². The fourth-order valence-corrected chi connectivity index (χ4v) is 4.76. The molecule has 2 aliphatic rings. The predicted molar refractivity (Wildman–Crippen MR) is 123 cm³/mol. The smallest absolute Gasteiger partial charge is 0.300 e. The van der Waals surface area contributed by atoms with Gasteiger partial charge in [-0.05, 0) is 17.3 Å². The molecule has 34 heavy (non-hydrogen) atoms. The number of fused-ring (bicyclic) bond motifs is 2. The van der Waals surface area contributed by atoms with Gasteiger partial charge >= 0.3 is 5.69 Å². The van der Waals surface area contributed by atoms with Crippen LogP contribution in [0.5, 0.6) is 0 Å². The van der Waals surface area contributed by atoms with E-state index in [4.69, 9.17) is 0 Å². The highest BCUT2D eigenvalue weighted by Crippen LogP contribution is 2.24. The lowest BCUT2D eigenvalue weighted by molar-refractivity contribution is -0.779. The number of aryl methyl sites for hydroxylation is 1. The first-order valence-electron chi connectivity index (χ1n) is 11.3. The van der Waals surface area contributed by atoms with Gasteiger partial charge in [-0.1, -0.05) is 30.3 Å². The zero-order chi connectivity index (χ0) is 23.8. The highest BCUT2D eigenvalue weighted by molar-refractivity contribution is 6.26. The second-order valence-electron chi connectivity index (χ2n) is 8.57. The average Bonchev–Trinajstić information content (AvgIpc) is 3.19. The maximum absolute atomic E-state index is 13.1. The van der Waals surface area contributed by atoms with Gasteiger partial charge in [0.2, 0.25) is 11.6 Å². The number of ketones is 2. The van der Waals surface area contributed by atoms with E-state index in [1.807, 2.05) is 6.07 Å². The van der Waals surface area contributed by atoms with Gasteiger partial charge in [0.05, 0.1) is 17.1 Å². The molecule has 3 aromatic rings. The molecule has 1 saturated heterocycles. The fourth-order valence-electron chi connectivity index (χ4n) is 4.76. The lowest BCUT2D eigenvalue weighted by Crippen LogP contribution is -2.50. The number of benzene rings is 2. The van der Waals surface area contributed by atoms with Crippen LogP contribution in [0.2, 0.25) is 0 Å². The van der Waals surface area contributed by atoms with Crippen molar-refractivity contribution in [3.63, 3.8) is 0 Å². The second-order valence-corrected chi connectivity index (χ2v) is 8.57. The molecule has 174 valence electrons. The summed E-state index contributed by atoms with van der Waals surface area (Å²) in [5, 5.41) is 15.4. The minimum Gasteiger partial charge on any atom is -0.369 e. The molecule has 5 rings (SSSR count). The molecule has 10 heteroatoms. The molecule has 10 nitrogen and oxygen atoms in total. The van der Waals surface area contributed by atoms with Crippen LogP contribution in [0.15, 0.2) is 48.5 Å². The van der Waals surface area contributed by atoms with Crippen LogP contribution in [0.3, 0.4) is 0 Å². The lowest BCUT2D eigenvalue weighted by atomic mass is 9.90. The Hall–Kier alpha value is -3.92. The largest absolute Gasteiger partial charge is 0.369 e. The molecule has 0 atom stereocenters. The van der Waals surface area contributed by atoms with E-state index < -0.39 is 0 Å². The van der Waals surface area contributed by atoms with Gasteiger partial charge < -0.3 is 4.90 Å². The van der Waals surface area contributed by atoms with Crippen molar-refractivity contribution >= 4 is 22.9 Å². The summed E-state index contributed by atoms with van der Waals surface area (Å²) >= 11 is 0. The lowest BCUT2D eigenvalue weighted by Gasteiger charge is -2.35. The predicted octanol–water partition coefficient (Wildman–Crippen LogP) is 1.60. The molecule has 1 aliphatic heterocycles. The number of carbonyl (C=O) groups excluding carboxylic acids is 2. The maximum Gasteiger partial charge on any atom is 0.300 e. The first kappa shape index (κ1) is 21.9. The van der Waals surface area contributed by atoms with Crippen molar-refractivity contribution < 1.29 is 19.2 Å². The van der Waals surface area contributed by atoms with Crippen LogP contribution in [0, 0.1) is 10.1 Å². The van der Waals surface area contributed by atoms with E-state index >= 15 is 0 Å². The summed E-state index contributed by atoms with van der Waals surface area (Å²) in [7, 11) is 1.75. The molecule has 0 bridgehead atoms. The second kappa shape index (κ2) is 8.79. The van der Waals surface area contributed by atoms with Crippen LogP contribution in [0.4, 0.5) is 11.4 Å². The van der Waals surface area contributed by atoms with Gasteiger partial charge in [0.15, 0.2) is 0 Å². The van der Waals surface area contributed by atoms with E-state index in [1.54, 1.807) is 52.9 Å². The standard InChI is InChI=1S/C24H25N6O4/c1-26-25-21-22(24(32)20-9-3-2-8-19(20)23(21)31)29(26)11-5-10-27-12-14-28(15-13-27)17-6-4-7-18(16-17)30(33)34/h2-4,6-9,16H,5,10-15H2,1H3/q+1. The summed E-state index contributed by atoms with van der Waals surface area (Å²) in [5.74, 6) is -0.374. The zero-order valence-corrected chi connectivity index (χ0v) is 18.9. The van der Waals surface area contributed by atoms with Crippen LogP contribution in [0.1, 0.15) is 38.5 Å². The number of nitrogens with zero attached hydrogens (tertiary/aromatic N) is 6. The minimum atomic E-state index is -0.370. The van der Waals surface area contributed by atoms with E-state index in [2.05, 4.69) is 14.9 Å². The van der Waals surface area contributed by atoms with Crippen LogP contribution in [0.25, 0.3) is 0 Å². The quantitative estimate of drug-likeness (QED) is 0.244. The number of aromatic nitrogens is 3. The molecule has 1 fully saturated rings. The average molecular weight is 462 g/mol. The van der Waals surface area contributed by atoms with Crippen molar-refractivity contribution in [1.82, 2.24) is 14.8 Å². The first-order valence-corrected chi connectivity index (χ1v) is 11.3. The van der Waals surface area contributed by atoms with Gasteiger partial charge in [0.1, 0.15) is 6.54 Å². The number of piperazine rings is 1. The molecular weight excluding hydrogens is 436 g/mol. The van der Waals surface area contributed by atoms with E-state index in [9.17, 15) is 19.7 Å². The van der Waals surface area contributed by atoms with Gasteiger partial charge in [-0.25, -0.2) is 0 Å². The van der Waals surface area contributed by atoms with Crippen LogP contribution < -0.4 is 9.58 Å². The van der Waals surface area contributed by atoms with E-state index in [0.29, 0.717) is 23.4 Å². The molecule has 0 N–H and O–H groups in total. The van der Waals surface area contributed by atoms with Gasteiger partial charge in [0, 0.05) is 61.7 Å². The number of non-ortho nitro benzene ring substituents is 1. The third-order valence-electron chi connectivity index (χ3n) is 6.55. The van der Waals surface area contributed by atoms with Gasteiger partial charge in [-0.15, -0.1) is 4.68 Å². The van der Waals surface area contributed by atoms with Crippen molar-refractivity contribution in [2.45, 2.75) is 13.0 Å². The summed E-state index contributed by atoms with van der Waals surface area (Å²) < 4.78 is 1.80. The molecule has 0 spiro atoms. The Balaban J connectivity index is 1.21. The van der Waals surface area contributed by atoms with Crippen molar-refractivity contribution in [1.29, 1.82) is 0 Å². The normalized spacial score (nSPS) is 15.9. The molecular formula is C24H25N6O4+. The number of hydrogen-bond acceptors (Lipinski definition) is 7. The third-order valence-corrected chi connectivity index (χ3v) is 6.55. The summed E-state index contributed by atoms with van der Waals surface area (Å²) in [6.45, 7) is 4.70. The SMILES string of the molecule is Cn1nc2c([n+]1CCCN1CCN(c3cccc([N+](=O)[O-])c3)CC1)C(=O)c1ccccc1C2=O. The minimum absolute atomic E-state index is 0.104. The summed E-state index contributed by atoms with van der Waals surface area (Å²) in [6, 6.07) is 13.6. The monoisotopic (exact) mass is 461 g/mol. The Morgan fingerprint density at radius 3 is 2.41 bits per heavy atom. The highest BCUT2D eigenvalue weighted by Gasteiger charge is 2.42. The van der Waals surface area contributed by atoms with Crippen LogP contribution in [-0.2, 0) is 13.6 Å². The maximum atomic E-state index is 13.1. The first-order chi connectivity index (χ1) is 16.4. The Bertz CT molecular complexity index is 1290. The van der Waals surface area contributed by atoms with E-state index in [0.717, 1.165) is 44.8 Å². The van der Waals surface area contributed by atoms with Gasteiger partial charge in [0.25, 0.3) is 11.4 Å². The Morgan fingerprint density at radius 1 is 1.00 bits per heavy atom. The van der Waals surface area contributed by atoms with Crippen molar-refractivity contribution in [2.24, 2.45) is 7.05 Å². The van der Waals surface area contributed by atoms with Crippen molar-refractivity contribution in [3.8, 4) is 0 Å². The summed E-state index contributed by atoms with van der Waals surface area (Å²) in [4.78, 5) is 42.7. The van der Waals surface area contributed by atoms with Crippen molar-refractivity contribution in [3.05, 3.63) is 81.2 Å². The van der Waals surface area contributed by atoms with Crippen molar-refractivity contribution in [2.75, 3.05) is 37.6 Å². The summed E-state index contributed by atoms with van der Waals surface area (Å²) in [5.41, 5.74) is 2.39. The number of nitro groups is 1. The third kappa shape index (κ3) is 3.86. The topological polar surface area (TPSA) is 105 Å². The molecule has 0 unspecified atom stereocenters. The van der Waals surface area contributed by atoms with Gasteiger partial charge in [-0.2, -0.15) is 0 Å². The number of rotatable bonds is 6. The molecule has 1 aliphatic carbocycles. The number of nitro benzene ring substituents is 1. The molecule has 2 heterocycles. The molecule has 0 amide bonds. The number of anilines is 1. The van der Waals surface area contributed by atoms with E-state index in [1.165, 1.54) is 6.07 Å². The highest BCUT2D eigenvalue weighted by atomic mass is 16.6. The number of carbonyl (C=O) groups is 2. The fraction of sp³-hybridized carbons (Fsp3) is 0.333. The molecule has 0 saturated carbocycles. The van der Waals surface area contributed by atoms with Gasteiger partial charge in [-0.3, -0.25) is 24.6 Å². The van der Waals surface area contributed by atoms with Crippen LogP contribution >= 0.6 is 0 Å². The Labute approximate surface area is 196 Å². The molecule has 0 radical (unpaired) electrons. The zero-order valence-electron chi connectivity index (χ0n) is 18.9. The van der Waals surface area contributed by atoms with Crippen LogP contribution in [-0.4, -0.2) is 64.0 Å². The molecule has 1 aromatic heterocycles. The molecule has 2 aromatic carbocycles.